The van der Waals surface area contributed by atoms with Crippen molar-refractivity contribution in [2.75, 3.05) is 6.54 Å². The van der Waals surface area contributed by atoms with Crippen molar-refractivity contribution in [2.45, 2.75) is 12.8 Å². The Balaban J connectivity index is 2.33. The molecule has 1 amide bonds. The van der Waals surface area contributed by atoms with Gasteiger partial charge in [-0.3, -0.25) is 4.79 Å². The summed E-state index contributed by atoms with van der Waals surface area (Å²) >= 11 is 0. The van der Waals surface area contributed by atoms with E-state index in [0.29, 0.717) is 24.9 Å². The molecule has 0 aromatic carbocycles. The highest BCUT2D eigenvalue weighted by molar-refractivity contribution is 5.93. The molecule has 1 heterocycles. The van der Waals surface area contributed by atoms with Gasteiger partial charge in [0.2, 0.25) is 0 Å². The van der Waals surface area contributed by atoms with Crippen LogP contribution in [-0.4, -0.2) is 22.4 Å². The summed E-state index contributed by atoms with van der Waals surface area (Å²) in [4.78, 5) is 18.8. The van der Waals surface area contributed by atoms with Crippen molar-refractivity contribution in [2.24, 2.45) is 0 Å². The lowest BCUT2D eigenvalue weighted by Crippen LogP contribution is -2.24. The minimum atomic E-state index is -0.205. The van der Waals surface area contributed by atoms with E-state index in [9.17, 15) is 4.79 Å². The first-order valence-electron chi connectivity index (χ1n) is 4.24. The second kappa shape index (κ2) is 5.65. The monoisotopic (exact) mass is 190 g/mol. The molecular formula is C9H10N4O. The van der Waals surface area contributed by atoms with Crippen molar-refractivity contribution in [3.05, 3.63) is 24.3 Å². The smallest absolute Gasteiger partial charge is 0.254 e. The number of carbonyl (C=O) groups excluding carboxylic acids is 1. The number of hydrogen-bond donors (Lipinski definition) is 1. The van der Waals surface area contributed by atoms with Crippen LogP contribution in [0.25, 0.3) is 0 Å². The van der Waals surface area contributed by atoms with E-state index in [4.69, 9.17) is 5.26 Å². The van der Waals surface area contributed by atoms with Crippen LogP contribution in [0, 0.1) is 11.3 Å². The highest BCUT2D eigenvalue weighted by atomic mass is 16.1. The molecule has 5 heteroatoms. The van der Waals surface area contributed by atoms with E-state index >= 15 is 0 Å². The zero-order chi connectivity index (χ0) is 10.2. The Hall–Kier alpha value is -1.96. The van der Waals surface area contributed by atoms with E-state index in [1.165, 1.54) is 18.7 Å². The SMILES string of the molecule is N#CCCCNC(=O)c1cncnc1. The molecule has 72 valence electrons. The van der Waals surface area contributed by atoms with Crippen molar-refractivity contribution in [3.8, 4) is 6.07 Å². The molecule has 1 rings (SSSR count). The predicted octanol–water partition coefficient (Wildman–Crippen LogP) is 0.510. The lowest BCUT2D eigenvalue weighted by atomic mass is 10.3. The van der Waals surface area contributed by atoms with E-state index in [0.717, 1.165) is 0 Å². The number of nitrogens with one attached hydrogen (secondary N) is 1. The van der Waals surface area contributed by atoms with Crippen LogP contribution >= 0.6 is 0 Å². The molecule has 1 aromatic rings. The summed E-state index contributed by atoms with van der Waals surface area (Å²) in [6.07, 6.45) is 5.38. The molecule has 1 aromatic heterocycles. The molecule has 0 spiro atoms. The van der Waals surface area contributed by atoms with Gasteiger partial charge in [-0.25, -0.2) is 9.97 Å². The van der Waals surface area contributed by atoms with Gasteiger partial charge < -0.3 is 5.32 Å². The van der Waals surface area contributed by atoms with E-state index < -0.39 is 0 Å². The van der Waals surface area contributed by atoms with Gasteiger partial charge in [-0.1, -0.05) is 0 Å². The molecule has 0 aliphatic heterocycles. The third-order valence-electron chi connectivity index (χ3n) is 1.57. The van der Waals surface area contributed by atoms with Crippen molar-refractivity contribution >= 4 is 5.91 Å². The highest BCUT2D eigenvalue weighted by Crippen LogP contribution is 1.92. The minimum absolute atomic E-state index is 0.205. The first kappa shape index (κ1) is 10.1. The molecular weight excluding hydrogens is 180 g/mol. The van der Waals surface area contributed by atoms with Crippen LogP contribution in [0.5, 0.6) is 0 Å². The van der Waals surface area contributed by atoms with Crippen LogP contribution in [0.1, 0.15) is 23.2 Å². The normalized spacial score (nSPS) is 9.07. The molecule has 0 saturated carbocycles. The average Bonchev–Trinajstić information content (AvgIpc) is 2.25. The third-order valence-corrected chi connectivity index (χ3v) is 1.57. The Kier molecular flexibility index (Phi) is 4.08. The Bertz CT molecular complexity index is 330. The number of carbonyl (C=O) groups is 1. The zero-order valence-corrected chi connectivity index (χ0v) is 7.60. The molecule has 14 heavy (non-hydrogen) atoms. The molecule has 5 nitrogen and oxygen atoms in total. The van der Waals surface area contributed by atoms with Gasteiger partial charge in [-0.2, -0.15) is 5.26 Å². The summed E-state index contributed by atoms with van der Waals surface area (Å²) in [5.41, 5.74) is 0.435. The Morgan fingerprint density at radius 2 is 2.21 bits per heavy atom. The topological polar surface area (TPSA) is 78.7 Å². The summed E-state index contributed by atoms with van der Waals surface area (Å²) in [6.45, 7) is 0.501. The van der Waals surface area contributed by atoms with Crippen molar-refractivity contribution in [1.82, 2.24) is 15.3 Å². The van der Waals surface area contributed by atoms with E-state index in [1.807, 2.05) is 6.07 Å². The number of hydrogen-bond acceptors (Lipinski definition) is 4. The van der Waals surface area contributed by atoms with E-state index in [2.05, 4.69) is 15.3 Å². The lowest BCUT2D eigenvalue weighted by molar-refractivity contribution is 0.0952. The largest absolute Gasteiger partial charge is 0.352 e. The van der Waals surface area contributed by atoms with Gasteiger partial charge in [0.25, 0.3) is 5.91 Å². The molecule has 0 saturated heterocycles. The van der Waals surface area contributed by atoms with Crippen LogP contribution < -0.4 is 5.32 Å². The summed E-state index contributed by atoms with van der Waals surface area (Å²) < 4.78 is 0. The summed E-state index contributed by atoms with van der Waals surface area (Å²) in [5, 5.41) is 10.9. The summed E-state index contributed by atoms with van der Waals surface area (Å²) in [6, 6.07) is 2.01. The van der Waals surface area contributed by atoms with Gasteiger partial charge in [0.15, 0.2) is 0 Å². The molecule has 0 aliphatic carbocycles. The van der Waals surface area contributed by atoms with Crippen molar-refractivity contribution < 1.29 is 4.79 Å². The van der Waals surface area contributed by atoms with E-state index in [-0.39, 0.29) is 5.91 Å². The fourth-order valence-corrected chi connectivity index (χ4v) is 0.888. The van der Waals surface area contributed by atoms with Crippen LogP contribution in [-0.2, 0) is 0 Å². The van der Waals surface area contributed by atoms with Gasteiger partial charge in [0.1, 0.15) is 6.33 Å². The van der Waals surface area contributed by atoms with Gasteiger partial charge in [0, 0.05) is 25.4 Å². The Labute approximate surface area is 81.8 Å². The highest BCUT2D eigenvalue weighted by Gasteiger charge is 2.03. The first-order valence-corrected chi connectivity index (χ1v) is 4.24. The maximum Gasteiger partial charge on any atom is 0.254 e. The molecule has 0 unspecified atom stereocenters. The predicted molar refractivity (Wildman–Crippen MR) is 49.2 cm³/mol. The average molecular weight is 190 g/mol. The quantitative estimate of drug-likeness (QED) is 0.701. The van der Waals surface area contributed by atoms with Crippen molar-refractivity contribution in [1.29, 1.82) is 5.26 Å². The van der Waals surface area contributed by atoms with Gasteiger partial charge in [0.05, 0.1) is 11.6 Å². The molecule has 0 fully saturated rings. The molecule has 1 N–H and O–H groups in total. The fourth-order valence-electron chi connectivity index (χ4n) is 0.888. The standard InChI is InChI=1S/C9H10N4O/c10-3-1-2-4-13-9(14)8-5-11-7-12-6-8/h5-7H,1-2,4H2,(H,13,14). The first-order chi connectivity index (χ1) is 6.84. The van der Waals surface area contributed by atoms with Crippen LogP contribution in [0.2, 0.25) is 0 Å². The number of rotatable bonds is 4. The zero-order valence-electron chi connectivity index (χ0n) is 7.60. The number of unbranched alkanes of at least 4 members (excludes halogenated alkanes) is 1. The van der Waals surface area contributed by atoms with Gasteiger partial charge in [-0.05, 0) is 6.42 Å². The summed E-state index contributed by atoms with van der Waals surface area (Å²) in [5.74, 6) is -0.205. The van der Waals surface area contributed by atoms with Crippen molar-refractivity contribution in [3.63, 3.8) is 0 Å². The van der Waals surface area contributed by atoms with E-state index in [1.54, 1.807) is 0 Å². The lowest BCUT2D eigenvalue weighted by Gasteiger charge is -2.01. The minimum Gasteiger partial charge on any atom is -0.352 e. The molecule has 0 aliphatic rings. The second-order valence-corrected chi connectivity index (χ2v) is 2.64. The summed E-state index contributed by atoms with van der Waals surface area (Å²) in [7, 11) is 0. The maximum atomic E-state index is 11.3. The number of aromatic nitrogens is 2. The van der Waals surface area contributed by atoms with Gasteiger partial charge >= 0.3 is 0 Å². The van der Waals surface area contributed by atoms with Crippen LogP contribution in [0.15, 0.2) is 18.7 Å². The van der Waals surface area contributed by atoms with Crippen LogP contribution in [0.3, 0.4) is 0 Å². The van der Waals surface area contributed by atoms with Gasteiger partial charge in [-0.15, -0.1) is 0 Å². The number of amides is 1. The molecule has 0 bridgehead atoms. The number of nitriles is 1. The van der Waals surface area contributed by atoms with Crippen LogP contribution in [0.4, 0.5) is 0 Å². The Morgan fingerprint density at radius 3 is 2.86 bits per heavy atom. The maximum absolute atomic E-state index is 11.3. The fraction of sp³-hybridized carbons (Fsp3) is 0.333. The Morgan fingerprint density at radius 1 is 1.50 bits per heavy atom. The third kappa shape index (κ3) is 3.19. The molecule has 0 radical (unpaired) electrons. The number of nitrogens with zero attached hydrogens (tertiary/aromatic N) is 3. The second-order valence-electron chi connectivity index (χ2n) is 2.64. The molecule has 0 atom stereocenters.